The molecule has 2 rings (SSSR count). The molecule has 14 heavy (non-hydrogen) atoms. The van der Waals surface area contributed by atoms with Crippen LogP contribution in [-0.2, 0) is 0 Å². The van der Waals surface area contributed by atoms with Crippen LogP contribution in [0.4, 0.5) is 0 Å². The second-order valence-corrected chi connectivity index (χ2v) is 4.97. The maximum Gasteiger partial charge on any atom is 0.256 e. The molecule has 0 saturated heterocycles. The first-order valence-corrected chi connectivity index (χ1v) is 5.83. The van der Waals surface area contributed by atoms with E-state index in [-0.39, 0.29) is 11.4 Å². The summed E-state index contributed by atoms with van der Waals surface area (Å²) in [5.41, 5.74) is 0.944. The number of oxazole rings is 1. The third kappa shape index (κ3) is 1.96. The third-order valence-corrected chi connectivity index (χ3v) is 3.91. The molecule has 0 spiro atoms. The minimum Gasteiger partial charge on any atom is -0.437 e. The number of thioether (sulfide) groups is 1. The Morgan fingerprint density at radius 3 is 2.71 bits per heavy atom. The van der Waals surface area contributed by atoms with Crippen molar-refractivity contribution in [2.45, 2.75) is 49.7 Å². The van der Waals surface area contributed by atoms with E-state index in [1.807, 2.05) is 13.8 Å². The maximum absolute atomic E-state index is 9.64. The van der Waals surface area contributed by atoms with Gasteiger partial charge < -0.3 is 9.52 Å². The number of rotatable bonds is 2. The Labute approximate surface area is 87.9 Å². The second-order valence-electron chi connectivity index (χ2n) is 3.78. The van der Waals surface area contributed by atoms with E-state index in [1.165, 1.54) is 0 Å². The molecule has 0 aliphatic heterocycles. The molecule has 0 bridgehead atoms. The first-order valence-electron chi connectivity index (χ1n) is 4.95. The zero-order valence-corrected chi connectivity index (χ0v) is 9.30. The van der Waals surface area contributed by atoms with Crippen molar-refractivity contribution in [3.63, 3.8) is 0 Å². The fourth-order valence-corrected chi connectivity index (χ4v) is 2.87. The summed E-state index contributed by atoms with van der Waals surface area (Å²) < 4.78 is 5.47. The standard InChI is InChI=1S/C10H15NO2S/c1-6-7(2)13-10(11-6)14-9-5-3-4-8(9)12/h8-9,12H,3-5H2,1-2H3. The first-order chi connectivity index (χ1) is 6.66. The highest BCUT2D eigenvalue weighted by Gasteiger charge is 2.27. The Morgan fingerprint density at radius 2 is 2.21 bits per heavy atom. The van der Waals surface area contributed by atoms with Crippen LogP contribution in [0.1, 0.15) is 30.7 Å². The van der Waals surface area contributed by atoms with E-state index in [0.29, 0.717) is 5.22 Å². The van der Waals surface area contributed by atoms with Gasteiger partial charge in [-0.25, -0.2) is 4.98 Å². The normalized spacial score (nSPS) is 27.1. The van der Waals surface area contributed by atoms with Crippen molar-refractivity contribution in [3.05, 3.63) is 11.5 Å². The van der Waals surface area contributed by atoms with E-state index < -0.39 is 0 Å². The van der Waals surface area contributed by atoms with Crippen LogP contribution in [0.2, 0.25) is 0 Å². The molecule has 1 aliphatic carbocycles. The SMILES string of the molecule is Cc1nc(SC2CCCC2O)oc1C. The van der Waals surface area contributed by atoms with Gasteiger partial charge in [-0.15, -0.1) is 0 Å². The molecule has 1 heterocycles. The van der Waals surface area contributed by atoms with Gasteiger partial charge in [-0.3, -0.25) is 0 Å². The largest absolute Gasteiger partial charge is 0.437 e. The number of aliphatic hydroxyl groups excluding tert-OH is 1. The highest BCUT2D eigenvalue weighted by Crippen LogP contribution is 2.35. The van der Waals surface area contributed by atoms with Crippen LogP contribution in [0, 0.1) is 13.8 Å². The van der Waals surface area contributed by atoms with E-state index >= 15 is 0 Å². The van der Waals surface area contributed by atoms with Crippen molar-refractivity contribution >= 4 is 11.8 Å². The van der Waals surface area contributed by atoms with E-state index in [1.54, 1.807) is 11.8 Å². The number of hydrogen-bond acceptors (Lipinski definition) is 4. The Balaban J connectivity index is 2.03. The fourth-order valence-electron chi connectivity index (χ4n) is 1.67. The molecule has 1 aliphatic rings. The number of aryl methyl sites for hydroxylation is 2. The quantitative estimate of drug-likeness (QED) is 0.818. The Bertz CT molecular complexity index is 304. The summed E-state index contributed by atoms with van der Waals surface area (Å²) in [5.74, 6) is 0.875. The lowest BCUT2D eigenvalue weighted by Gasteiger charge is -2.10. The molecule has 0 aromatic carbocycles. The van der Waals surface area contributed by atoms with Gasteiger partial charge >= 0.3 is 0 Å². The van der Waals surface area contributed by atoms with Crippen LogP contribution in [0.25, 0.3) is 0 Å². The molecule has 1 N–H and O–H groups in total. The molecule has 1 aromatic rings. The van der Waals surface area contributed by atoms with E-state index in [0.717, 1.165) is 30.7 Å². The lowest BCUT2D eigenvalue weighted by molar-refractivity contribution is 0.187. The van der Waals surface area contributed by atoms with Crippen molar-refractivity contribution in [2.24, 2.45) is 0 Å². The van der Waals surface area contributed by atoms with Gasteiger partial charge in [-0.1, -0.05) is 11.8 Å². The molecule has 78 valence electrons. The van der Waals surface area contributed by atoms with Gasteiger partial charge in [0.1, 0.15) is 5.76 Å². The summed E-state index contributed by atoms with van der Waals surface area (Å²) in [6.45, 7) is 3.85. The first kappa shape index (κ1) is 10.1. The average molecular weight is 213 g/mol. The van der Waals surface area contributed by atoms with Gasteiger partial charge in [-0.2, -0.15) is 0 Å². The molecule has 3 nitrogen and oxygen atoms in total. The predicted octanol–water partition coefficient (Wildman–Crippen LogP) is 2.30. The molecule has 1 saturated carbocycles. The molecule has 0 amide bonds. The van der Waals surface area contributed by atoms with Gasteiger partial charge in [0, 0.05) is 5.25 Å². The second kappa shape index (κ2) is 3.95. The van der Waals surface area contributed by atoms with Crippen molar-refractivity contribution in [3.8, 4) is 0 Å². The predicted molar refractivity (Wildman–Crippen MR) is 55.5 cm³/mol. The lowest BCUT2D eigenvalue weighted by Crippen LogP contribution is -2.14. The number of aromatic nitrogens is 1. The fraction of sp³-hybridized carbons (Fsp3) is 0.700. The third-order valence-electron chi connectivity index (χ3n) is 2.68. The van der Waals surface area contributed by atoms with Gasteiger partial charge in [0.15, 0.2) is 0 Å². The molecule has 2 unspecified atom stereocenters. The molecular weight excluding hydrogens is 198 g/mol. The van der Waals surface area contributed by atoms with Crippen molar-refractivity contribution in [1.29, 1.82) is 0 Å². The van der Waals surface area contributed by atoms with Gasteiger partial charge in [0.05, 0.1) is 11.8 Å². The minimum absolute atomic E-state index is 0.187. The lowest BCUT2D eigenvalue weighted by atomic mass is 10.3. The van der Waals surface area contributed by atoms with Crippen LogP contribution in [-0.4, -0.2) is 21.4 Å². The van der Waals surface area contributed by atoms with Crippen LogP contribution in [0.15, 0.2) is 9.64 Å². The highest BCUT2D eigenvalue weighted by atomic mass is 32.2. The average Bonchev–Trinajstić information content (AvgIpc) is 2.63. The molecule has 0 radical (unpaired) electrons. The van der Waals surface area contributed by atoms with Crippen LogP contribution in [0.5, 0.6) is 0 Å². The number of nitrogens with zero attached hydrogens (tertiary/aromatic N) is 1. The highest BCUT2D eigenvalue weighted by molar-refractivity contribution is 7.99. The zero-order valence-electron chi connectivity index (χ0n) is 8.49. The molecule has 4 heteroatoms. The van der Waals surface area contributed by atoms with Gasteiger partial charge in [0.2, 0.25) is 0 Å². The summed E-state index contributed by atoms with van der Waals surface area (Å²) in [4.78, 5) is 4.29. The van der Waals surface area contributed by atoms with Crippen LogP contribution in [0.3, 0.4) is 0 Å². The van der Waals surface area contributed by atoms with Crippen molar-refractivity contribution < 1.29 is 9.52 Å². The Morgan fingerprint density at radius 1 is 1.43 bits per heavy atom. The Hall–Kier alpha value is -0.480. The molecule has 2 atom stereocenters. The number of hydrogen-bond donors (Lipinski definition) is 1. The monoisotopic (exact) mass is 213 g/mol. The number of aliphatic hydroxyl groups is 1. The van der Waals surface area contributed by atoms with E-state index in [9.17, 15) is 5.11 Å². The topological polar surface area (TPSA) is 46.3 Å². The van der Waals surface area contributed by atoms with Crippen LogP contribution >= 0.6 is 11.8 Å². The smallest absolute Gasteiger partial charge is 0.256 e. The van der Waals surface area contributed by atoms with Gasteiger partial charge in [-0.05, 0) is 33.1 Å². The summed E-state index contributed by atoms with van der Waals surface area (Å²) in [5, 5.41) is 10.6. The molecular formula is C10H15NO2S. The van der Waals surface area contributed by atoms with Gasteiger partial charge in [0.25, 0.3) is 5.22 Å². The summed E-state index contributed by atoms with van der Waals surface area (Å²) in [6, 6.07) is 0. The van der Waals surface area contributed by atoms with Crippen LogP contribution < -0.4 is 0 Å². The Kier molecular flexibility index (Phi) is 2.83. The molecule has 1 aromatic heterocycles. The zero-order chi connectivity index (χ0) is 10.1. The molecule has 1 fully saturated rings. The summed E-state index contributed by atoms with van der Waals surface area (Å²) >= 11 is 1.57. The summed E-state index contributed by atoms with van der Waals surface area (Å²) in [7, 11) is 0. The summed E-state index contributed by atoms with van der Waals surface area (Å²) in [6.07, 6.45) is 2.90. The minimum atomic E-state index is -0.187. The van der Waals surface area contributed by atoms with E-state index in [2.05, 4.69) is 4.98 Å². The maximum atomic E-state index is 9.64. The van der Waals surface area contributed by atoms with Crippen molar-refractivity contribution in [1.82, 2.24) is 4.98 Å². The van der Waals surface area contributed by atoms with Crippen molar-refractivity contribution in [2.75, 3.05) is 0 Å². The van der Waals surface area contributed by atoms with E-state index in [4.69, 9.17) is 4.42 Å².